The Morgan fingerprint density at radius 1 is 1.62 bits per heavy atom. The van der Waals surface area contributed by atoms with Gasteiger partial charge in [0.05, 0.1) is 12.6 Å². The topological polar surface area (TPSA) is 55.5 Å². The monoisotopic (exact) mass is 293 g/mol. The van der Waals surface area contributed by atoms with Crippen LogP contribution in [-0.2, 0) is 4.74 Å². The molecular formula is C9H12INO2. The lowest BCUT2D eigenvalue weighted by Gasteiger charge is -2.14. The second kappa shape index (κ2) is 4.78. The van der Waals surface area contributed by atoms with E-state index in [-0.39, 0.29) is 11.8 Å². The highest BCUT2D eigenvalue weighted by atomic mass is 127. The first-order valence-electron chi connectivity index (χ1n) is 3.88. The van der Waals surface area contributed by atoms with Gasteiger partial charge in [-0.2, -0.15) is 0 Å². The zero-order valence-corrected chi connectivity index (χ0v) is 9.48. The van der Waals surface area contributed by atoms with Gasteiger partial charge in [0.1, 0.15) is 5.75 Å². The van der Waals surface area contributed by atoms with Crippen LogP contribution in [0.15, 0.2) is 18.2 Å². The van der Waals surface area contributed by atoms with Crippen LogP contribution in [-0.4, -0.2) is 18.8 Å². The van der Waals surface area contributed by atoms with Crippen molar-refractivity contribution in [3.63, 3.8) is 0 Å². The molecular weight excluding hydrogens is 281 g/mol. The highest BCUT2D eigenvalue weighted by Gasteiger charge is 2.13. The summed E-state index contributed by atoms with van der Waals surface area (Å²) in [5.74, 6) is 0.233. The second-order valence-corrected chi connectivity index (χ2v) is 3.90. The van der Waals surface area contributed by atoms with Crippen LogP contribution in [0.3, 0.4) is 0 Å². The highest BCUT2D eigenvalue weighted by molar-refractivity contribution is 14.1. The first-order valence-corrected chi connectivity index (χ1v) is 4.96. The molecule has 0 aliphatic rings. The Kier molecular flexibility index (Phi) is 3.95. The Bertz CT molecular complexity index is 271. The highest BCUT2D eigenvalue weighted by Crippen LogP contribution is 2.27. The molecule has 0 saturated carbocycles. The van der Waals surface area contributed by atoms with Crippen molar-refractivity contribution in [1.29, 1.82) is 0 Å². The van der Waals surface area contributed by atoms with Crippen molar-refractivity contribution >= 4 is 22.6 Å². The molecule has 4 heteroatoms. The fraction of sp³-hybridized carbons (Fsp3) is 0.333. The number of hydrogen-bond donors (Lipinski definition) is 2. The van der Waals surface area contributed by atoms with E-state index in [0.717, 1.165) is 9.13 Å². The molecule has 0 unspecified atom stereocenters. The van der Waals surface area contributed by atoms with Gasteiger partial charge in [-0.15, -0.1) is 0 Å². The summed E-state index contributed by atoms with van der Waals surface area (Å²) in [5.41, 5.74) is 6.57. The minimum absolute atomic E-state index is 0.233. The number of phenolic OH excluding ortho intramolecular Hbond substituents is 1. The van der Waals surface area contributed by atoms with Gasteiger partial charge < -0.3 is 15.6 Å². The Hall–Kier alpha value is -0.330. The third-order valence-corrected chi connectivity index (χ3v) is 2.69. The molecule has 0 fully saturated rings. The average Bonchev–Trinajstić information content (AvgIpc) is 2.04. The zero-order valence-electron chi connectivity index (χ0n) is 7.33. The van der Waals surface area contributed by atoms with Crippen molar-refractivity contribution in [3.05, 3.63) is 27.3 Å². The average molecular weight is 293 g/mol. The van der Waals surface area contributed by atoms with Crippen molar-refractivity contribution in [1.82, 2.24) is 0 Å². The fourth-order valence-electron chi connectivity index (χ4n) is 1.16. The molecule has 0 spiro atoms. The molecule has 1 atom stereocenters. The predicted molar refractivity (Wildman–Crippen MR) is 59.6 cm³/mol. The lowest BCUT2D eigenvalue weighted by molar-refractivity contribution is 0.179. The van der Waals surface area contributed by atoms with E-state index >= 15 is 0 Å². The summed E-state index contributed by atoms with van der Waals surface area (Å²) < 4.78 is 5.89. The van der Waals surface area contributed by atoms with Crippen LogP contribution in [0, 0.1) is 3.57 Å². The summed E-state index contributed by atoms with van der Waals surface area (Å²) in [7, 11) is 1.59. The van der Waals surface area contributed by atoms with Crippen molar-refractivity contribution in [2.75, 3.05) is 13.7 Å². The van der Waals surface area contributed by atoms with Gasteiger partial charge in [0.2, 0.25) is 0 Å². The molecule has 1 aromatic carbocycles. The lowest BCUT2D eigenvalue weighted by Crippen LogP contribution is -2.17. The van der Waals surface area contributed by atoms with Gasteiger partial charge in [0.25, 0.3) is 0 Å². The van der Waals surface area contributed by atoms with E-state index in [1.165, 1.54) is 0 Å². The van der Waals surface area contributed by atoms with E-state index in [1.54, 1.807) is 19.2 Å². The van der Waals surface area contributed by atoms with Gasteiger partial charge in [0.15, 0.2) is 0 Å². The zero-order chi connectivity index (χ0) is 9.84. The van der Waals surface area contributed by atoms with Crippen LogP contribution in [0.4, 0.5) is 0 Å². The van der Waals surface area contributed by atoms with Crippen LogP contribution in [0.1, 0.15) is 11.6 Å². The first-order chi connectivity index (χ1) is 6.16. The maximum Gasteiger partial charge on any atom is 0.121 e. The van der Waals surface area contributed by atoms with E-state index in [1.807, 2.05) is 6.07 Å². The quantitative estimate of drug-likeness (QED) is 0.833. The molecule has 0 bridgehead atoms. The van der Waals surface area contributed by atoms with E-state index < -0.39 is 0 Å². The van der Waals surface area contributed by atoms with Crippen molar-refractivity contribution < 1.29 is 9.84 Å². The molecule has 3 nitrogen and oxygen atoms in total. The summed E-state index contributed by atoms with van der Waals surface area (Å²) in [5, 5.41) is 9.55. The number of hydrogen-bond acceptors (Lipinski definition) is 3. The predicted octanol–water partition coefficient (Wildman–Crippen LogP) is 1.64. The molecule has 0 aromatic heterocycles. The van der Waals surface area contributed by atoms with Crippen LogP contribution < -0.4 is 5.73 Å². The summed E-state index contributed by atoms with van der Waals surface area (Å²) in [6.45, 7) is 0.410. The number of aromatic hydroxyl groups is 1. The fourth-order valence-corrected chi connectivity index (χ4v) is 2.04. The van der Waals surface area contributed by atoms with Crippen LogP contribution in [0.5, 0.6) is 5.75 Å². The number of rotatable bonds is 3. The van der Waals surface area contributed by atoms with Crippen LogP contribution in [0.25, 0.3) is 0 Å². The third kappa shape index (κ3) is 2.55. The van der Waals surface area contributed by atoms with E-state index in [9.17, 15) is 5.11 Å². The van der Waals surface area contributed by atoms with Gasteiger partial charge in [0, 0.05) is 16.2 Å². The molecule has 72 valence electrons. The Labute approximate surface area is 91.0 Å². The lowest BCUT2D eigenvalue weighted by atomic mass is 10.1. The van der Waals surface area contributed by atoms with Crippen molar-refractivity contribution in [2.45, 2.75) is 6.04 Å². The molecule has 13 heavy (non-hydrogen) atoms. The number of halogens is 1. The van der Waals surface area contributed by atoms with Crippen molar-refractivity contribution in [2.24, 2.45) is 5.73 Å². The maximum absolute atomic E-state index is 9.55. The van der Waals surface area contributed by atoms with Crippen LogP contribution >= 0.6 is 22.6 Å². The van der Waals surface area contributed by atoms with Gasteiger partial charge in [-0.1, -0.05) is 6.07 Å². The number of phenols is 1. The Balaban J connectivity index is 2.98. The Morgan fingerprint density at radius 2 is 2.31 bits per heavy atom. The first kappa shape index (κ1) is 10.7. The molecule has 1 aromatic rings. The van der Waals surface area contributed by atoms with Gasteiger partial charge in [-0.25, -0.2) is 0 Å². The van der Waals surface area contributed by atoms with E-state index in [4.69, 9.17) is 10.5 Å². The van der Waals surface area contributed by atoms with Gasteiger partial charge in [-0.05, 0) is 34.7 Å². The summed E-state index contributed by atoms with van der Waals surface area (Å²) in [6.07, 6.45) is 0. The maximum atomic E-state index is 9.55. The molecule has 0 saturated heterocycles. The minimum atomic E-state index is -0.266. The standard InChI is InChI=1S/C9H12INO2/c1-13-5-7(11)9-6(10)3-2-4-8(9)12/h2-4,7,12H,5,11H2,1H3/t7-/m0/s1. The molecule has 1 rings (SSSR count). The Morgan fingerprint density at radius 3 is 2.85 bits per heavy atom. The molecule has 0 amide bonds. The number of ether oxygens (including phenoxy) is 1. The molecule has 0 aliphatic carbocycles. The summed E-state index contributed by atoms with van der Waals surface area (Å²) >= 11 is 2.15. The SMILES string of the molecule is COC[C@H](N)c1c(O)cccc1I. The molecule has 0 heterocycles. The third-order valence-electron chi connectivity index (χ3n) is 1.75. The van der Waals surface area contributed by atoms with E-state index in [0.29, 0.717) is 6.61 Å². The van der Waals surface area contributed by atoms with Crippen molar-refractivity contribution in [3.8, 4) is 5.75 Å². The summed E-state index contributed by atoms with van der Waals surface area (Å²) in [6, 6.07) is 5.07. The number of benzene rings is 1. The molecule has 0 radical (unpaired) electrons. The van der Waals surface area contributed by atoms with Gasteiger partial charge >= 0.3 is 0 Å². The summed E-state index contributed by atoms with van der Waals surface area (Å²) in [4.78, 5) is 0. The molecule has 0 aliphatic heterocycles. The largest absolute Gasteiger partial charge is 0.508 e. The second-order valence-electron chi connectivity index (χ2n) is 2.73. The van der Waals surface area contributed by atoms with Gasteiger partial charge in [-0.3, -0.25) is 0 Å². The smallest absolute Gasteiger partial charge is 0.121 e. The number of nitrogens with two attached hydrogens (primary N) is 1. The minimum Gasteiger partial charge on any atom is -0.508 e. The van der Waals surface area contributed by atoms with Crippen LogP contribution in [0.2, 0.25) is 0 Å². The van der Waals surface area contributed by atoms with E-state index in [2.05, 4.69) is 22.6 Å². The molecule has 3 N–H and O–H groups in total. The normalized spacial score (nSPS) is 12.8. The number of methoxy groups -OCH3 is 1.